The Bertz CT molecular complexity index is 224. The molecule has 0 aliphatic heterocycles. The lowest BCUT2D eigenvalue weighted by Crippen LogP contribution is -2.27. The van der Waals surface area contributed by atoms with Gasteiger partial charge in [-0.3, -0.25) is 0 Å². The fraction of sp³-hybridized carbons (Fsp3) is 1.00. The molecule has 120 valence electrons. The molecule has 0 bridgehead atoms. The van der Waals surface area contributed by atoms with Gasteiger partial charge in [-0.25, -0.2) is 0 Å². The molecule has 0 aromatic rings. The fourth-order valence-electron chi connectivity index (χ4n) is 3.71. The fourth-order valence-corrected chi connectivity index (χ4v) is 4.06. The second kappa shape index (κ2) is 10.9. The Morgan fingerprint density at radius 3 is 2.10 bits per heavy atom. The standard InChI is InChI=1S/C19H37Cl/c1-4-5-6-7-8-9-10-11-12-18-15-17(16(2)3)13-14-19(18)20/h16-19H,4-15H2,1-3H3. The van der Waals surface area contributed by atoms with Crippen LogP contribution in [0.4, 0.5) is 0 Å². The first-order valence-corrected chi connectivity index (χ1v) is 9.72. The molecule has 20 heavy (non-hydrogen) atoms. The summed E-state index contributed by atoms with van der Waals surface area (Å²) in [7, 11) is 0. The highest BCUT2D eigenvalue weighted by atomic mass is 35.5. The molecule has 0 aromatic carbocycles. The molecule has 0 aromatic heterocycles. The predicted molar refractivity (Wildman–Crippen MR) is 92.5 cm³/mol. The predicted octanol–water partition coefficient (Wildman–Crippen LogP) is 7.20. The molecule has 1 saturated carbocycles. The molecule has 0 nitrogen and oxygen atoms in total. The maximum absolute atomic E-state index is 6.55. The van der Waals surface area contributed by atoms with Gasteiger partial charge in [0.15, 0.2) is 0 Å². The van der Waals surface area contributed by atoms with E-state index in [1.807, 2.05) is 0 Å². The normalized spacial score (nSPS) is 27.1. The van der Waals surface area contributed by atoms with E-state index in [1.54, 1.807) is 0 Å². The van der Waals surface area contributed by atoms with Gasteiger partial charge in [-0.05, 0) is 43.4 Å². The van der Waals surface area contributed by atoms with Gasteiger partial charge in [-0.1, -0.05) is 72.1 Å². The molecule has 0 radical (unpaired) electrons. The number of unbranched alkanes of at least 4 members (excludes halogenated alkanes) is 7. The summed E-state index contributed by atoms with van der Waals surface area (Å²) in [6.45, 7) is 7.05. The minimum atomic E-state index is 0.467. The Morgan fingerprint density at radius 1 is 0.900 bits per heavy atom. The molecule has 0 saturated heterocycles. The lowest BCUT2D eigenvalue weighted by Gasteiger charge is -2.35. The van der Waals surface area contributed by atoms with Crippen LogP contribution in [0.2, 0.25) is 0 Å². The highest BCUT2D eigenvalue weighted by molar-refractivity contribution is 6.20. The lowest BCUT2D eigenvalue weighted by molar-refractivity contribution is 0.208. The number of alkyl halides is 1. The van der Waals surface area contributed by atoms with Gasteiger partial charge in [0.05, 0.1) is 0 Å². The molecular formula is C19H37Cl. The van der Waals surface area contributed by atoms with Crippen LogP contribution in [0.15, 0.2) is 0 Å². The maximum atomic E-state index is 6.55. The summed E-state index contributed by atoms with van der Waals surface area (Å²) in [4.78, 5) is 0. The number of halogens is 1. The van der Waals surface area contributed by atoms with Gasteiger partial charge in [-0.2, -0.15) is 0 Å². The van der Waals surface area contributed by atoms with Crippen molar-refractivity contribution >= 4 is 11.6 Å². The number of rotatable bonds is 10. The van der Waals surface area contributed by atoms with E-state index in [-0.39, 0.29) is 0 Å². The van der Waals surface area contributed by atoms with Gasteiger partial charge >= 0.3 is 0 Å². The third-order valence-corrected chi connectivity index (χ3v) is 5.88. The van der Waals surface area contributed by atoms with E-state index in [0.717, 1.165) is 17.8 Å². The Labute approximate surface area is 133 Å². The minimum absolute atomic E-state index is 0.467. The van der Waals surface area contributed by atoms with Gasteiger partial charge in [0, 0.05) is 5.38 Å². The molecule has 0 heterocycles. The second-order valence-electron chi connectivity index (χ2n) is 7.36. The lowest BCUT2D eigenvalue weighted by atomic mass is 9.74. The number of hydrogen-bond acceptors (Lipinski definition) is 0. The molecule has 3 unspecified atom stereocenters. The first kappa shape index (κ1) is 18.3. The summed E-state index contributed by atoms with van der Waals surface area (Å²) in [6, 6.07) is 0. The maximum Gasteiger partial charge on any atom is 0.0364 e. The molecular weight excluding hydrogens is 264 g/mol. The molecule has 1 fully saturated rings. The van der Waals surface area contributed by atoms with Crippen LogP contribution in [0.1, 0.15) is 97.8 Å². The zero-order valence-corrected chi connectivity index (χ0v) is 14.9. The van der Waals surface area contributed by atoms with Crippen molar-refractivity contribution in [2.24, 2.45) is 17.8 Å². The van der Waals surface area contributed by atoms with Crippen molar-refractivity contribution in [2.45, 2.75) is 103 Å². The van der Waals surface area contributed by atoms with E-state index in [4.69, 9.17) is 11.6 Å². The smallest absolute Gasteiger partial charge is 0.0364 e. The van der Waals surface area contributed by atoms with Gasteiger partial charge < -0.3 is 0 Å². The van der Waals surface area contributed by atoms with Crippen molar-refractivity contribution in [2.75, 3.05) is 0 Å². The first-order chi connectivity index (χ1) is 9.65. The van der Waals surface area contributed by atoms with Crippen LogP contribution >= 0.6 is 11.6 Å². The average Bonchev–Trinajstić information content (AvgIpc) is 2.43. The molecule has 3 atom stereocenters. The Kier molecular flexibility index (Phi) is 10.0. The Morgan fingerprint density at radius 2 is 1.50 bits per heavy atom. The summed E-state index contributed by atoms with van der Waals surface area (Å²) in [5.41, 5.74) is 0. The van der Waals surface area contributed by atoms with Gasteiger partial charge in [0.2, 0.25) is 0 Å². The van der Waals surface area contributed by atoms with Crippen LogP contribution in [-0.2, 0) is 0 Å². The van der Waals surface area contributed by atoms with E-state index < -0.39 is 0 Å². The molecule has 1 aliphatic carbocycles. The van der Waals surface area contributed by atoms with Crippen LogP contribution in [0.25, 0.3) is 0 Å². The Hall–Kier alpha value is 0.290. The van der Waals surface area contributed by atoms with Gasteiger partial charge in [0.25, 0.3) is 0 Å². The first-order valence-electron chi connectivity index (χ1n) is 9.29. The zero-order valence-electron chi connectivity index (χ0n) is 14.2. The van der Waals surface area contributed by atoms with Crippen molar-refractivity contribution in [1.82, 2.24) is 0 Å². The molecule has 0 N–H and O–H groups in total. The van der Waals surface area contributed by atoms with E-state index in [9.17, 15) is 0 Å². The summed E-state index contributed by atoms with van der Waals surface area (Å²) in [6.07, 6.45) is 16.8. The molecule has 1 rings (SSSR count). The van der Waals surface area contributed by atoms with Crippen molar-refractivity contribution in [1.29, 1.82) is 0 Å². The van der Waals surface area contributed by atoms with Crippen molar-refractivity contribution < 1.29 is 0 Å². The number of hydrogen-bond donors (Lipinski definition) is 0. The van der Waals surface area contributed by atoms with Crippen LogP contribution < -0.4 is 0 Å². The largest absolute Gasteiger partial charge is 0.123 e. The third-order valence-electron chi connectivity index (χ3n) is 5.30. The van der Waals surface area contributed by atoms with E-state index in [2.05, 4.69) is 20.8 Å². The van der Waals surface area contributed by atoms with E-state index in [1.165, 1.54) is 77.0 Å². The van der Waals surface area contributed by atoms with Crippen LogP contribution in [-0.4, -0.2) is 5.38 Å². The highest BCUT2D eigenvalue weighted by Crippen LogP contribution is 2.38. The minimum Gasteiger partial charge on any atom is -0.123 e. The van der Waals surface area contributed by atoms with E-state index in [0.29, 0.717) is 5.38 Å². The van der Waals surface area contributed by atoms with Crippen molar-refractivity contribution in [3.8, 4) is 0 Å². The topological polar surface area (TPSA) is 0 Å². The van der Waals surface area contributed by atoms with E-state index >= 15 is 0 Å². The van der Waals surface area contributed by atoms with Gasteiger partial charge in [-0.15, -0.1) is 11.6 Å². The monoisotopic (exact) mass is 300 g/mol. The third kappa shape index (κ3) is 7.34. The second-order valence-corrected chi connectivity index (χ2v) is 7.92. The molecule has 0 spiro atoms. The summed E-state index contributed by atoms with van der Waals surface area (Å²) in [5.74, 6) is 2.59. The Balaban J connectivity index is 2.05. The summed E-state index contributed by atoms with van der Waals surface area (Å²) < 4.78 is 0. The molecule has 0 amide bonds. The SMILES string of the molecule is CCCCCCCCCCC1CC(C(C)C)CCC1Cl. The van der Waals surface area contributed by atoms with Crippen LogP contribution in [0.5, 0.6) is 0 Å². The van der Waals surface area contributed by atoms with Crippen LogP contribution in [0.3, 0.4) is 0 Å². The van der Waals surface area contributed by atoms with Crippen LogP contribution in [0, 0.1) is 17.8 Å². The highest BCUT2D eigenvalue weighted by Gasteiger charge is 2.29. The average molecular weight is 301 g/mol. The zero-order chi connectivity index (χ0) is 14.8. The van der Waals surface area contributed by atoms with Crippen molar-refractivity contribution in [3.63, 3.8) is 0 Å². The molecule has 1 heteroatoms. The van der Waals surface area contributed by atoms with Crippen molar-refractivity contribution in [3.05, 3.63) is 0 Å². The van der Waals surface area contributed by atoms with Gasteiger partial charge in [0.1, 0.15) is 0 Å². The molecule has 1 aliphatic rings. The summed E-state index contributed by atoms with van der Waals surface area (Å²) in [5, 5.41) is 0.467. The quantitative estimate of drug-likeness (QED) is 0.296. The summed E-state index contributed by atoms with van der Waals surface area (Å²) >= 11 is 6.55.